The van der Waals surface area contributed by atoms with E-state index in [4.69, 9.17) is 0 Å². The van der Waals surface area contributed by atoms with Gasteiger partial charge in [-0.05, 0) is 46.5 Å². The van der Waals surface area contributed by atoms with Gasteiger partial charge in [-0.1, -0.05) is 62.4 Å². The molecule has 0 amide bonds. The zero-order chi connectivity index (χ0) is 27.7. The van der Waals surface area contributed by atoms with Crippen LogP contribution >= 0.6 is 0 Å². The summed E-state index contributed by atoms with van der Waals surface area (Å²) < 4.78 is 0. The normalized spacial score (nSPS) is 9.90. The van der Waals surface area contributed by atoms with E-state index in [1.807, 2.05) is 38.1 Å². The van der Waals surface area contributed by atoms with Crippen LogP contribution in [0.2, 0.25) is 0 Å². The Bertz CT molecular complexity index is 1320. The number of Topliss-reactive ketones (excluding diaryl/α,β-unsaturated/α-hetero) is 2. The standard InChI is InChI=1S/2C15H13NO3.H2O/c2*1-2-15(17)13-5-3-11(4-6-13)12-7-9-14(10-8-12)16(18)19;/h2*3-10H,2H2,1H3;1H2. The van der Waals surface area contributed by atoms with Gasteiger partial charge in [0.15, 0.2) is 11.6 Å². The molecule has 4 aromatic carbocycles. The second-order valence-corrected chi connectivity index (χ2v) is 8.32. The van der Waals surface area contributed by atoms with Crippen LogP contribution in [0, 0.1) is 20.2 Å². The summed E-state index contributed by atoms with van der Waals surface area (Å²) >= 11 is 0. The molecule has 0 heterocycles. The fourth-order valence-corrected chi connectivity index (χ4v) is 3.66. The van der Waals surface area contributed by atoms with Gasteiger partial charge in [-0.2, -0.15) is 0 Å². The average molecular weight is 529 g/mol. The Morgan fingerprint density at radius 2 is 0.744 bits per heavy atom. The Morgan fingerprint density at radius 3 is 0.949 bits per heavy atom. The Balaban J connectivity index is 0.000000267. The predicted octanol–water partition coefficient (Wildman–Crippen LogP) is 6.88. The van der Waals surface area contributed by atoms with Gasteiger partial charge < -0.3 is 5.48 Å². The summed E-state index contributed by atoms with van der Waals surface area (Å²) in [6.07, 6.45) is 0.966. The van der Waals surface area contributed by atoms with Crippen LogP contribution in [0.3, 0.4) is 0 Å². The quantitative estimate of drug-likeness (QED) is 0.138. The second kappa shape index (κ2) is 14.1. The van der Waals surface area contributed by atoms with Crippen LogP contribution < -0.4 is 0 Å². The van der Waals surface area contributed by atoms with Crippen LogP contribution in [0.5, 0.6) is 0 Å². The van der Waals surface area contributed by atoms with E-state index in [0.717, 1.165) is 22.3 Å². The van der Waals surface area contributed by atoms with Crippen molar-refractivity contribution < 1.29 is 24.9 Å². The van der Waals surface area contributed by atoms with E-state index in [1.54, 1.807) is 48.5 Å². The third kappa shape index (κ3) is 7.98. The van der Waals surface area contributed by atoms with Crippen molar-refractivity contribution in [2.24, 2.45) is 0 Å². The molecule has 0 saturated heterocycles. The topological polar surface area (TPSA) is 152 Å². The molecule has 4 rings (SSSR count). The molecule has 4 aromatic rings. The van der Waals surface area contributed by atoms with Crippen LogP contribution in [-0.4, -0.2) is 26.9 Å². The highest BCUT2D eigenvalue weighted by Gasteiger charge is 2.08. The SMILES string of the molecule is CCC(=O)c1ccc(-c2ccc([N+](=O)[O-])cc2)cc1.CCC(=O)c1ccc(-c2ccc([N+](=O)[O-])cc2)cc1.O. The minimum atomic E-state index is -0.424. The molecule has 0 aliphatic carbocycles. The van der Waals surface area contributed by atoms with E-state index >= 15 is 0 Å². The van der Waals surface area contributed by atoms with Crippen molar-refractivity contribution in [1.29, 1.82) is 0 Å². The Hall–Kier alpha value is -5.02. The number of non-ortho nitro benzene ring substituents is 2. The fourth-order valence-electron chi connectivity index (χ4n) is 3.66. The van der Waals surface area contributed by atoms with Gasteiger partial charge in [-0.25, -0.2) is 0 Å². The first kappa shape index (κ1) is 30.2. The van der Waals surface area contributed by atoms with Crippen molar-refractivity contribution in [2.45, 2.75) is 26.7 Å². The molecule has 0 atom stereocenters. The Kier molecular flexibility index (Phi) is 10.9. The van der Waals surface area contributed by atoms with Crippen LogP contribution in [-0.2, 0) is 0 Å². The maximum absolute atomic E-state index is 11.5. The summed E-state index contributed by atoms with van der Waals surface area (Å²) in [4.78, 5) is 43.3. The van der Waals surface area contributed by atoms with E-state index in [1.165, 1.54) is 24.3 Å². The lowest BCUT2D eigenvalue weighted by Crippen LogP contribution is -1.95. The number of carbonyl (C=O) groups is 2. The van der Waals surface area contributed by atoms with Gasteiger partial charge in [-0.15, -0.1) is 0 Å². The van der Waals surface area contributed by atoms with Crippen LogP contribution in [0.15, 0.2) is 97.1 Å². The molecule has 0 aliphatic rings. The number of nitrogens with zero attached hydrogens (tertiary/aromatic N) is 2. The van der Waals surface area contributed by atoms with E-state index in [0.29, 0.717) is 24.0 Å². The molecule has 0 unspecified atom stereocenters. The van der Waals surface area contributed by atoms with E-state index in [-0.39, 0.29) is 28.4 Å². The Labute approximate surface area is 225 Å². The zero-order valence-electron chi connectivity index (χ0n) is 21.5. The minimum absolute atomic E-state index is 0. The molecule has 0 bridgehead atoms. The maximum Gasteiger partial charge on any atom is 0.269 e. The number of hydrogen-bond donors (Lipinski definition) is 0. The maximum atomic E-state index is 11.5. The van der Waals surface area contributed by atoms with Crippen molar-refractivity contribution in [3.8, 4) is 22.3 Å². The van der Waals surface area contributed by atoms with Gasteiger partial charge in [-0.3, -0.25) is 29.8 Å². The van der Waals surface area contributed by atoms with Crippen LogP contribution in [0.1, 0.15) is 47.4 Å². The van der Waals surface area contributed by atoms with Crippen molar-refractivity contribution in [3.05, 3.63) is 128 Å². The summed E-state index contributed by atoms with van der Waals surface area (Å²) in [5.41, 5.74) is 5.16. The molecule has 200 valence electrons. The predicted molar refractivity (Wildman–Crippen MR) is 150 cm³/mol. The third-order valence-electron chi connectivity index (χ3n) is 5.88. The largest absolute Gasteiger partial charge is 0.412 e. The minimum Gasteiger partial charge on any atom is -0.412 e. The molecular formula is C30H28N2O7. The van der Waals surface area contributed by atoms with Gasteiger partial charge in [0.1, 0.15) is 0 Å². The van der Waals surface area contributed by atoms with Crippen molar-refractivity contribution >= 4 is 22.9 Å². The average Bonchev–Trinajstić information content (AvgIpc) is 2.97. The number of hydrogen-bond acceptors (Lipinski definition) is 6. The molecule has 0 aromatic heterocycles. The lowest BCUT2D eigenvalue weighted by Gasteiger charge is -2.03. The summed E-state index contributed by atoms with van der Waals surface area (Å²) in [7, 11) is 0. The molecule has 39 heavy (non-hydrogen) atoms. The van der Waals surface area contributed by atoms with Gasteiger partial charge in [0, 0.05) is 48.2 Å². The van der Waals surface area contributed by atoms with E-state index in [9.17, 15) is 29.8 Å². The molecule has 0 spiro atoms. The number of nitro benzene ring substituents is 2. The van der Waals surface area contributed by atoms with Crippen molar-refractivity contribution in [2.75, 3.05) is 0 Å². The smallest absolute Gasteiger partial charge is 0.269 e. The highest BCUT2D eigenvalue weighted by molar-refractivity contribution is 5.96. The number of carbonyl (C=O) groups excluding carboxylic acids is 2. The van der Waals surface area contributed by atoms with Gasteiger partial charge in [0.25, 0.3) is 11.4 Å². The van der Waals surface area contributed by atoms with Crippen molar-refractivity contribution in [1.82, 2.24) is 0 Å². The molecular weight excluding hydrogens is 500 g/mol. The summed E-state index contributed by atoms with van der Waals surface area (Å²) in [6.45, 7) is 3.65. The molecule has 0 saturated carbocycles. The number of nitro groups is 2. The summed E-state index contributed by atoms with van der Waals surface area (Å²) in [5, 5.41) is 21.1. The van der Waals surface area contributed by atoms with Gasteiger partial charge in [0.05, 0.1) is 9.85 Å². The number of benzene rings is 4. The Morgan fingerprint density at radius 1 is 0.513 bits per heavy atom. The molecule has 0 fully saturated rings. The molecule has 0 radical (unpaired) electrons. The third-order valence-corrected chi connectivity index (χ3v) is 5.88. The zero-order valence-corrected chi connectivity index (χ0v) is 21.5. The van der Waals surface area contributed by atoms with Crippen molar-refractivity contribution in [3.63, 3.8) is 0 Å². The van der Waals surface area contributed by atoms with Gasteiger partial charge in [0.2, 0.25) is 0 Å². The first-order valence-electron chi connectivity index (χ1n) is 12.0. The molecule has 9 nitrogen and oxygen atoms in total. The van der Waals surface area contributed by atoms with E-state index in [2.05, 4.69) is 0 Å². The fraction of sp³-hybridized carbons (Fsp3) is 0.133. The molecule has 2 N–H and O–H groups in total. The second-order valence-electron chi connectivity index (χ2n) is 8.32. The monoisotopic (exact) mass is 528 g/mol. The molecule has 9 heteroatoms. The van der Waals surface area contributed by atoms with Crippen LogP contribution in [0.4, 0.5) is 11.4 Å². The van der Waals surface area contributed by atoms with E-state index < -0.39 is 9.85 Å². The first-order valence-corrected chi connectivity index (χ1v) is 12.0. The molecule has 0 aliphatic heterocycles. The first-order chi connectivity index (χ1) is 18.2. The van der Waals surface area contributed by atoms with Crippen LogP contribution in [0.25, 0.3) is 22.3 Å². The highest BCUT2D eigenvalue weighted by atomic mass is 16.6. The number of ketones is 2. The summed E-state index contributed by atoms with van der Waals surface area (Å²) in [6, 6.07) is 27.2. The summed E-state index contributed by atoms with van der Waals surface area (Å²) in [5.74, 6) is 0.213. The number of rotatable bonds is 8. The lowest BCUT2D eigenvalue weighted by molar-refractivity contribution is -0.385. The highest BCUT2D eigenvalue weighted by Crippen LogP contribution is 2.24. The van der Waals surface area contributed by atoms with Gasteiger partial charge >= 0.3 is 0 Å². The lowest BCUT2D eigenvalue weighted by atomic mass is 10.0.